The Kier molecular flexibility index (Phi) is 2.99. The van der Waals surface area contributed by atoms with Crippen molar-refractivity contribution in [3.05, 3.63) is 24.2 Å². The molecule has 1 N–H and O–H groups in total. The lowest BCUT2D eigenvalue weighted by atomic mass is 10.0. The van der Waals surface area contributed by atoms with E-state index in [1.54, 1.807) is 6.26 Å². The predicted molar refractivity (Wildman–Crippen MR) is 54.7 cm³/mol. The van der Waals surface area contributed by atoms with Crippen LogP contribution in [0.3, 0.4) is 0 Å². The molecule has 3 heteroatoms. The van der Waals surface area contributed by atoms with Crippen molar-refractivity contribution in [2.75, 3.05) is 0 Å². The molecule has 0 saturated heterocycles. The fraction of sp³-hybridized carbons (Fsp3) is 0.545. The Hall–Kier alpha value is -1.25. The Balaban J connectivity index is 2.72. The quantitative estimate of drug-likeness (QED) is 0.804. The topological polar surface area (TPSA) is 42.2 Å². The third-order valence-electron chi connectivity index (χ3n) is 2.10. The Morgan fingerprint density at radius 1 is 1.50 bits per heavy atom. The highest BCUT2D eigenvalue weighted by atomic mass is 16.3. The van der Waals surface area contributed by atoms with Crippen molar-refractivity contribution in [1.82, 2.24) is 5.32 Å². The van der Waals surface area contributed by atoms with Crippen molar-refractivity contribution in [3.63, 3.8) is 0 Å². The smallest absolute Gasteiger partial charge is 0.223 e. The van der Waals surface area contributed by atoms with Gasteiger partial charge in [0.25, 0.3) is 0 Å². The average molecular weight is 195 g/mol. The maximum atomic E-state index is 11.5. The highest BCUT2D eigenvalue weighted by Gasteiger charge is 2.26. The lowest BCUT2D eigenvalue weighted by Gasteiger charge is -2.24. The molecule has 1 aromatic heterocycles. The first-order valence-corrected chi connectivity index (χ1v) is 4.79. The van der Waals surface area contributed by atoms with Crippen molar-refractivity contribution in [2.45, 2.75) is 33.2 Å². The van der Waals surface area contributed by atoms with E-state index in [9.17, 15) is 4.79 Å². The van der Waals surface area contributed by atoms with Gasteiger partial charge in [0.15, 0.2) is 0 Å². The second-order valence-electron chi connectivity index (χ2n) is 4.25. The first-order valence-electron chi connectivity index (χ1n) is 4.79. The minimum atomic E-state index is -0.440. The highest BCUT2D eigenvalue weighted by Crippen LogP contribution is 2.20. The molecule has 0 bridgehead atoms. The van der Waals surface area contributed by atoms with Crippen LogP contribution in [0.4, 0.5) is 0 Å². The van der Waals surface area contributed by atoms with Crippen LogP contribution in [-0.4, -0.2) is 5.91 Å². The van der Waals surface area contributed by atoms with Crippen LogP contribution in [0.1, 0.15) is 33.5 Å². The minimum Gasteiger partial charge on any atom is -0.467 e. The van der Waals surface area contributed by atoms with Gasteiger partial charge in [-0.15, -0.1) is 0 Å². The molecule has 1 amide bonds. The van der Waals surface area contributed by atoms with E-state index >= 15 is 0 Å². The van der Waals surface area contributed by atoms with Gasteiger partial charge in [-0.05, 0) is 26.0 Å². The molecule has 78 valence electrons. The van der Waals surface area contributed by atoms with Crippen LogP contribution in [0.2, 0.25) is 0 Å². The van der Waals surface area contributed by atoms with Crippen molar-refractivity contribution >= 4 is 5.91 Å². The normalized spacial score (nSPS) is 11.8. The summed E-state index contributed by atoms with van der Waals surface area (Å²) < 4.78 is 5.26. The van der Waals surface area contributed by atoms with Gasteiger partial charge in [-0.3, -0.25) is 4.79 Å². The SMILES string of the molecule is CC(C)C(=O)NC(C)(C)c1ccco1. The third kappa shape index (κ3) is 2.37. The van der Waals surface area contributed by atoms with Crippen LogP contribution in [0.15, 0.2) is 22.8 Å². The fourth-order valence-corrected chi connectivity index (χ4v) is 1.15. The van der Waals surface area contributed by atoms with Crippen molar-refractivity contribution in [2.24, 2.45) is 5.92 Å². The van der Waals surface area contributed by atoms with Crippen LogP contribution in [0.25, 0.3) is 0 Å². The van der Waals surface area contributed by atoms with E-state index in [-0.39, 0.29) is 11.8 Å². The third-order valence-corrected chi connectivity index (χ3v) is 2.10. The Bertz CT molecular complexity index is 299. The van der Waals surface area contributed by atoms with Gasteiger partial charge in [0, 0.05) is 5.92 Å². The van der Waals surface area contributed by atoms with Gasteiger partial charge in [-0.1, -0.05) is 13.8 Å². The Labute approximate surface area is 84.5 Å². The molecule has 1 rings (SSSR count). The summed E-state index contributed by atoms with van der Waals surface area (Å²) in [5.41, 5.74) is -0.440. The van der Waals surface area contributed by atoms with Crippen molar-refractivity contribution < 1.29 is 9.21 Å². The van der Waals surface area contributed by atoms with Gasteiger partial charge in [-0.2, -0.15) is 0 Å². The molecule has 1 heterocycles. The largest absolute Gasteiger partial charge is 0.467 e. The summed E-state index contributed by atoms with van der Waals surface area (Å²) in [6.07, 6.45) is 1.61. The van der Waals surface area contributed by atoms with Gasteiger partial charge in [0.1, 0.15) is 5.76 Å². The van der Waals surface area contributed by atoms with Gasteiger partial charge in [-0.25, -0.2) is 0 Å². The first-order chi connectivity index (χ1) is 6.43. The standard InChI is InChI=1S/C11H17NO2/c1-8(2)10(13)12-11(3,4)9-6-5-7-14-9/h5-8H,1-4H3,(H,12,13). The lowest BCUT2D eigenvalue weighted by Crippen LogP contribution is -2.42. The summed E-state index contributed by atoms with van der Waals surface area (Å²) in [4.78, 5) is 11.5. The first kappa shape index (κ1) is 10.8. The van der Waals surface area contributed by atoms with E-state index in [0.29, 0.717) is 0 Å². The molecule has 0 aliphatic heterocycles. The minimum absolute atomic E-state index is 0.00997. The molecular weight excluding hydrogens is 178 g/mol. The van der Waals surface area contributed by atoms with Crippen LogP contribution >= 0.6 is 0 Å². The van der Waals surface area contributed by atoms with E-state index < -0.39 is 5.54 Å². The number of rotatable bonds is 3. The molecule has 14 heavy (non-hydrogen) atoms. The summed E-state index contributed by atoms with van der Waals surface area (Å²) in [6.45, 7) is 7.58. The average Bonchev–Trinajstić information content (AvgIpc) is 2.54. The van der Waals surface area contributed by atoms with Crippen LogP contribution in [0, 0.1) is 5.92 Å². The summed E-state index contributed by atoms with van der Waals surface area (Å²) in [6, 6.07) is 3.68. The van der Waals surface area contributed by atoms with E-state index in [1.165, 1.54) is 0 Å². The molecule has 0 atom stereocenters. The zero-order valence-corrected chi connectivity index (χ0v) is 9.13. The van der Waals surface area contributed by atoms with Crippen molar-refractivity contribution in [1.29, 1.82) is 0 Å². The molecule has 1 aromatic rings. The van der Waals surface area contributed by atoms with E-state index in [1.807, 2.05) is 39.8 Å². The number of amides is 1. The molecule has 0 fully saturated rings. The number of hydrogen-bond donors (Lipinski definition) is 1. The molecule has 0 saturated carbocycles. The Morgan fingerprint density at radius 3 is 2.57 bits per heavy atom. The van der Waals surface area contributed by atoms with Crippen molar-refractivity contribution in [3.8, 4) is 0 Å². The predicted octanol–water partition coefficient (Wildman–Crippen LogP) is 2.29. The molecular formula is C11H17NO2. The lowest BCUT2D eigenvalue weighted by molar-refractivity contribution is -0.125. The van der Waals surface area contributed by atoms with Crippen LogP contribution in [-0.2, 0) is 10.3 Å². The highest BCUT2D eigenvalue weighted by molar-refractivity contribution is 5.78. The zero-order valence-electron chi connectivity index (χ0n) is 9.13. The number of furan rings is 1. The number of carbonyl (C=O) groups is 1. The summed E-state index contributed by atoms with van der Waals surface area (Å²) in [5, 5.41) is 2.93. The van der Waals surface area contributed by atoms with E-state index in [4.69, 9.17) is 4.42 Å². The summed E-state index contributed by atoms with van der Waals surface area (Å²) in [7, 11) is 0. The maximum Gasteiger partial charge on any atom is 0.223 e. The van der Waals surface area contributed by atoms with Gasteiger partial charge < -0.3 is 9.73 Å². The number of carbonyl (C=O) groups excluding carboxylic acids is 1. The molecule has 0 radical (unpaired) electrons. The molecule has 3 nitrogen and oxygen atoms in total. The fourth-order valence-electron chi connectivity index (χ4n) is 1.15. The monoisotopic (exact) mass is 195 g/mol. The second-order valence-corrected chi connectivity index (χ2v) is 4.25. The number of hydrogen-bond acceptors (Lipinski definition) is 2. The summed E-state index contributed by atoms with van der Waals surface area (Å²) in [5.74, 6) is 0.794. The maximum absolute atomic E-state index is 11.5. The summed E-state index contributed by atoms with van der Waals surface area (Å²) >= 11 is 0. The molecule has 0 aromatic carbocycles. The zero-order chi connectivity index (χ0) is 10.8. The molecule has 0 aliphatic rings. The number of nitrogens with one attached hydrogen (secondary N) is 1. The van der Waals surface area contributed by atoms with E-state index in [0.717, 1.165) is 5.76 Å². The molecule has 0 aliphatic carbocycles. The van der Waals surface area contributed by atoms with Crippen LogP contribution < -0.4 is 5.32 Å². The Morgan fingerprint density at radius 2 is 2.14 bits per heavy atom. The van der Waals surface area contributed by atoms with Gasteiger partial charge in [0.2, 0.25) is 5.91 Å². The second kappa shape index (κ2) is 3.86. The van der Waals surface area contributed by atoms with Gasteiger partial charge >= 0.3 is 0 Å². The van der Waals surface area contributed by atoms with Crippen LogP contribution in [0.5, 0.6) is 0 Å². The van der Waals surface area contributed by atoms with E-state index in [2.05, 4.69) is 5.32 Å². The molecule has 0 spiro atoms. The van der Waals surface area contributed by atoms with Gasteiger partial charge in [0.05, 0.1) is 11.8 Å². The molecule has 0 unspecified atom stereocenters.